The summed E-state index contributed by atoms with van der Waals surface area (Å²) < 4.78 is 15.0. The quantitative estimate of drug-likeness (QED) is 0.854. The van der Waals surface area contributed by atoms with E-state index in [2.05, 4.69) is 21.0 Å². The average molecular weight is 363 g/mol. The van der Waals surface area contributed by atoms with Crippen molar-refractivity contribution in [3.05, 3.63) is 39.1 Å². The van der Waals surface area contributed by atoms with Gasteiger partial charge in [0.05, 0.1) is 43.1 Å². The highest BCUT2D eigenvalue weighted by atomic mass is 79.9. The molecule has 0 radical (unpaired) electrons. The molecule has 1 aromatic carbocycles. The summed E-state index contributed by atoms with van der Waals surface area (Å²) in [5.41, 5.74) is 7.90. The lowest BCUT2D eigenvalue weighted by molar-refractivity contribution is 0.676. The molecule has 0 fully saturated rings. The van der Waals surface area contributed by atoms with Crippen LogP contribution in [0.2, 0.25) is 5.02 Å². The number of nitrogens with two attached hydrogens (primary N) is 1. The lowest BCUT2D eigenvalue weighted by Crippen LogP contribution is -2.04. The number of aromatic nitrogens is 2. The fourth-order valence-electron chi connectivity index (χ4n) is 1.69. The van der Waals surface area contributed by atoms with E-state index in [0.29, 0.717) is 21.4 Å². The van der Waals surface area contributed by atoms with Gasteiger partial charge in [-0.3, -0.25) is 8.89 Å². The molecule has 0 spiro atoms. The summed E-state index contributed by atoms with van der Waals surface area (Å²) >= 11 is 9.41. The van der Waals surface area contributed by atoms with Crippen LogP contribution in [0.3, 0.4) is 0 Å². The Kier molecular flexibility index (Phi) is 4.32. The molecule has 0 aliphatic carbocycles. The Labute approximate surface area is 127 Å². The molecule has 0 aliphatic heterocycles. The number of aryl methyl sites for hydroxylation is 2. The summed E-state index contributed by atoms with van der Waals surface area (Å²) in [7, 11) is 0.643. The largest absolute Gasteiger partial charge is 0.398 e. The number of rotatable bonds is 3. The molecule has 2 aromatic rings. The zero-order valence-corrected chi connectivity index (χ0v) is 13.6. The van der Waals surface area contributed by atoms with Crippen LogP contribution in [0, 0.1) is 6.92 Å². The van der Waals surface area contributed by atoms with E-state index in [0.717, 1.165) is 15.9 Å². The van der Waals surface area contributed by atoms with Crippen LogP contribution in [0.4, 0.5) is 5.69 Å². The number of halogens is 2. The van der Waals surface area contributed by atoms with E-state index in [1.165, 1.54) is 0 Å². The molecule has 0 saturated carbocycles. The Morgan fingerprint density at radius 1 is 1.53 bits per heavy atom. The van der Waals surface area contributed by atoms with Crippen molar-refractivity contribution >= 4 is 44.0 Å². The average Bonchev–Trinajstić information content (AvgIpc) is 2.59. The van der Waals surface area contributed by atoms with Crippen molar-refractivity contribution in [1.29, 1.82) is 0 Å². The summed E-state index contributed by atoms with van der Waals surface area (Å²) in [6.07, 6.45) is 0. The fourth-order valence-corrected chi connectivity index (χ4v) is 3.82. The van der Waals surface area contributed by atoms with Crippen molar-refractivity contribution in [1.82, 2.24) is 9.78 Å². The summed E-state index contributed by atoms with van der Waals surface area (Å²) in [6.45, 7) is 1.90. The van der Waals surface area contributed by atoms with E-state index in [-0.39, 0.29) is 0 Å². The topological polar surface area (TPSA) is 60.9 Å². The van der Waals surface area contributed by atoms with Crippen LogP contribution < -0.4 is 5.73 Å². The van der Waals surface area contributed by atoms with E-state index in [1.807, 2.05) is 14.0 Å². The Hall–Kier alpha value is -0.850. The van der Waals surface area contributed by atoms with Crippen LogP contribution >= 0.6 is 27.5 Å². The van der Waals surface area contributed by atoms with E-state index >= 15 is 0 Å². The second-order valence-corrected chi connectivity index (χ2v) is 6.79. The second kappa shape index (κ2) is 5.64. The van der Waals surface area contributed by atoms with E-state index in [4.69, 9.17) is 17.3 Å². The van der Waals surface area contributed by atoms with Gasteiger partial charge in [-0.05, 0) is 41.1 Å². The monoisotopic (exact) mass is 361 g/mol. The SMILES string of the molecule is Cc1nn(C)c(CS(=O)c2ccc(N)c(Cl)c2)c1Br. The highest BCUT2D eigenvalue weighted by Crippen LogP contribution is 2.26. The van der Waals surface area contributed by atoms with Gasteiger partial charge in [0.1, 0.15) is 0 Å². The zero-order valence-electron chi connectivity index (χ0n) is 10.5. The molecule has 7 heteroatoms. The van der Waals surface area contributed by atoms with Gasteiger partial charge in [-0.15, -0.1) is 0 Å². The maximum absolute atomic E-state index is 12.3. The Bertz CT molecular complexity index is 657. The number of nitrogen functional groups attached to an aromatic ring is 1. The molecule has 1 unspecified atom stereocenters. The number of nitrogens with zero attached hydrogens (tertiary/aromatic N) is 2. The molecule has 1 atom stereocenters. The van der Waals surface area contributed by atoms with Crippen LogP contribution in [0.15, 0.2) is 27.6 Å². The molecule has 0 amide bonds. The first kappa shape index (κ1) is 14.6. The van der Waals surface area contributed by atoms with Crippen molar-refractivity contribution in [3.63, 3.8) is 0 Å². The van der Waals surface area contributed by atoms with Crippen molar-refractivity contribution in [2.75, 3.05) is 5.73 Å². The van der Waals surface area contributed by atoms with Crippen molar-refractivity contribution in [2.45, 2.75) is 17.6 Å². The van der Waals surface area contributed by atoms with Gasteiger partial charge in [0, 0.05) is 11.9 Å². The van der Waals surface area contributed by atoms with Gasteiger partial charge in [0.25, 0.3) is 0 Å². The maximum Gasteiger partial charge on any atom is 0.0738 e. The van der Waals surface area contributed by atoms with Crippen LogP contribution in [0.1, 0.15) is 11.4 Å². The number of benzene rings is 1. The third-order valence-electron chi connectivity index (χ3n) is 2.76. The first-order valence-electron chi connectivity index (χ1n) is 5.51. The minimum atomic E-state index is -1.19. The zero-order chi connectivity index (χ0) is 14.2. The molecule has 1 heterocycles. The molecule has 1 aromatic heterocycles. The standard InChI is InChI=1S/C12H13BrClN3OS/c1-7-12(13)11(17(2)16-7)6-19(18)8-3-4-10(15)9(14)5-8/h3-5H,6,15H2,1-2H3. The summed E-state index contributed by atoms with van der Waals surface area (Å²) in [6, 6.07) is 5.04. The molecule has 4 nitrogen and oxygen atoms in total. The number of hydrogen-bond donors (Lipinski definition) is 1. The molecule has 0 bridgehead atoms. The Balaban J connectivity index is 2.28. The highest BCUT2D eigenvalue weighted by molar-refractivity contribution is 9.10. The fraction of sp³-hybridized carbons (Fsp3) is 0.250. The third kappa shape index (κ3) is 3.01. The smallest absolute Gasteiger partial charge is 0.0738 e. The van der Waals surface area contributed by atoms with Gasteiger partial charge in [0.15, 0.2) is 0 Å². The molecule has 2 rings (SSSR count). The van der Waals surface area contributed by atoms with Gasteiger partial charge in [-0.2, -0.15) is 5.10 Å². The number of anilines is 1. The Morgan fingerprint density at radius 2 is 2.21 bits per heavy atom. The van der Waals surface area contributed by atoms with Crippen LogP contribution in [-0.4, -0.2) is 14.0 Å². The van der Waals surface area contributed by atoms with Crippen molar-refractivity contribution in [3.8, 4) is 0 Å². The minimum absolute atomic E-state index is 0.373. The summed E-state index contributed by atoms with van der Waals surface area (Å²) in [5.74, 6) is 0.373. The van der Waals surface area contributed by atoms with Crippen LogP contribution in [0.25, 0.3) is 0 Å². The van der Waals surface area contributed by atoms with Crippen LogP contribution in [-0.2, 0) is 23.6 Å². The molecule has 19 heavy (non-hydrogen) atoms. The maximum atomic E-state index is 12.3. The van der Waals surface area contributed by atoms with Gasteiger partial charge < -0.3 is 5.73 Å². The summed E-state index contributed by atoms with van der Waals surface area (Å²) in [5, 5.41) is 4.70. The first-order chi connectivity index (χ1) is 8.90. The molecule has 0 saturated heterocycles. The minimum Gasteiger partial charge on any atom is -0.398 e. The summed E-state index contributed by atoms with van der Waals surface area (Å²) in [4.78, 5) is 0.657. The Morgan fingerprint density at radius 3 is 2.74 bits per heavy atom. The highest BCUT2D eigenvalue weighted by Gasteiger charge is 2.15. The van der Waals surface area contributed by atoms with Crippen molar-refractivity contribution in [2.24, 2.45) is 7.05 Å². The molecule has 0 aliphatic rings. The van der Waals surface area contributed by atoms with Gasteiger partial charge in [-0.1, -0.05) is 11.6 Å². The lowest BCUT2D eigenvalue weighted by atomic mass is 10.3. The molecule has 2 N–H and O–H groups in total. The van der Waals surface area contributed by atoms with E-state index in [9.17, 15) is 4.21 Å². The van der Waals surface area contributed by atoms with E-state index in [1.54, 1.807) is 22.9 Å². The normalized spacial score (nSPS) is 12.6. The predicted molar refractivity (Wildman–Crippen MR) is 81.6 cm³/mol. The van der Waals surface area contributed by atoms with Gasteiger partial charge in [-0.25, -0.2) is 0 Å². The van der Waals surface area contributed by atoms with E-state index < -0.39 is 10.8 Å². The number of hydrogen-bond acceptors (Lipinski definition) is 3. The van der Waals surface area contributed by atoms with Gasteiger partial charge in [0.2, 0.25) is 0 Å². The molecule has 102 valence electrons. The van der Waals surface area contributed by atoms with Gasteiger partial charge >= 0.3 is 0 Å². The molecular weight excluding hydrogens is 350 g/mol. The van der Waals surface area contributed by atoms with Crippen molar-refractivity contribution < 1.29 is 4.21 Å². The first-order valence-corrected chi connectivity index (χ1v) is 8.00. The molecular formula is C12H13BrClN3OS. The predicted octanol–water partition coefficient (Wildman–Crippen LogP) is 3.03. The lowest BCUT2D eigenvalue weighted by Gasteiger charge is -2.05. The van der Waals surface area contributed by atoms with Crippen LogP contribution in [0.5, 0.6) is 0 Å². The second-order valence-electron chi connectivity index (χ2n) is 4.14. The third-order valence-corrected chi connectivity index (χ3v) is 5.44.